The first-order valence-electron chi connectivity index (χ1n) is 6.67. The summed E-state index contributed by atoms with van der Waals surface area (Å²) < 4.78 is 0. The molecule has 2 rings (SSSR count). The Morgan fingerprint density at radius 3 is 2.33 bits per heavy atom. The van der Waals surface area contributed by atoms with Gasteiger partial charge in [0, 0.05) is 12.1 Å². The van der Waals surface area contributed by atoms with Crippen molar-refractivity contribution in [1.82, 2.24) is 4.90 Å². The van der Waals surface area contributed by atoms with Gasteiger partial charge >= 0.3 is 0 Å². The Morgan fingerprint density at radius 2 is 1.78 bits per heavy atom. The van der Waals surface area contributed by atoms with Gasteiger partial charge in [-0.3, -0.25) is 4.90 Å². The SMILES string of the molecule is C=CCN(C)C1(c2ccccc2)CCCCC1.Cl. The van der Waals surface area contributed by atoms with Crippen molar-refractivity contribution in [3.05, 3.63) is 48.6 Å². The number of rotatable bonds is 4. The van der Waals surface area contributed by atoms with Gasteiger partial charge < -0.3 is 0 Å². The van der Waals surface area contributed by atoms with Gasteiger partial charge in [0.2, 0.25) is 0 Å². The zero-order valence-electron chi connectivity index (χ0n) is 11.3. The van der Waals surface area contributed by atoms with Gasteiger partial charge in [-0.25, -0.2) is 0 Å². The third-order valence-corrected chi connectivity index (χ3v) is 4.13. The Kier molecular flexibility index (Phi) is 5.90. The van der Waals surface area contributed by atoms with E-state index >= 15 is 0 Å². The Hall–Kier alpha value is -0.790. The Balaban J connectivity index is 0.00000162. The molecule has 100 valence electrons. The maximum Gasteiger partial charge on any atom is 0.0460 e. The van der Waals surface area contributed by atoms with E-state index in [2.05, 4.69) is 48.9 Å². The minimum absolute atomic E-state index is 0. The van der Waals surface area contributed by atoms with Crippen LogP contribution in [0, 0.1) is 0 Å². The fraction of sp³-hybridized carbons (Fsp3) is 0.500. The number of hydrogen-bond donors (Lipinski definition) is 0. The molecule has 1 aliphatic carbocycles. The van der Waals surface area contributed by atoms with Gasteiger partial charge in [0.1, 0.15) is 0 Å². The number of halogens is 1. The van der Waals surface area contributed by atoms with Crippen LogP contribution in [0.5, 0.6) is 0 Å². The molecule has 0 atom stereocenters. The van der Waals surface area contributed by atoms with E-state index in [1.807, 2.05) is 6.08 Å². The van der Waals surface area contributed by atoms with Crippen LogP contribution in [-0.4, -0.2) is 18.5 Å². The summed E-state index contributed by atoms with van der Waals surface area (Å²) >= 11 is 0. The zero-order valence-corrected chi connectivity index (χ0v) is 12.1. The highest BCUT2D eigenvalue weighted by Gasteiger charge is 2.36. The van der Waals surface area contributed by atoms with Crippen molar-refractivity contribution in [1.29, 1.82) is 0 Å². The van der Waals surface area contributed by atoms with Crippen LogP contribution in [0.3, 0.4) is 0 Å². The molecule has 0 spiro atoms. The molecule has 0 amide bonds. The third kappa shape index (κ3) is 2.96. The van der Waals surface area contributed by atoms with E-state index in [0.29, 0.717) is 0 Å². The highest BCUT2D eigenvalue weighted by atomic mass is 35.5. The second-order valence-electron chi connectivity index (χ2n) is 5.13. The molecular formula is C16H24ClN. The summed E-state index contributed by atoms with van der Waals surface area (Å²) in [6.45, 7) is 4.85. The van der Waals surface area contributed by atoms with Crippen LogP contribution in [0.4, 0.5) is 0 Å². The number of hydrogen-bond acceptors (Lipinski definition) is 1. The Labute approximate surface area is 117 Å². The van der Waals surface area contributed by atoms with Crippen LogP contribution in [0.15, 0.2) is 43.0 Å². The highest BCUT2D eigenvalue weighted by molar-refractivity contribution is 5.85. The molecule has 2 heteroatoms. The second-order valence-corrected chi connectivity index (χ2v) is 5.13. The smallest absolute Gasteiger partial charge is 0.0460 e. The zero-order chi connectivity index (χ0) is 12.1. The quantitative estimate of drug-likeness (QED) is 0.730. The summed E-state index contributed by atoms with van der Waals surface area (Å²) in [5.41, 5.74) is 1.72. The molecule has 1 fully saturated rings. The van der Waals surface area contributed by atoms with E-state index in [4.69, 9.17) is 0 Å². The molecule has 0 unspecified atom stereocenters. The van der Waals surface area contributed by atoms with Crippen LogP contribution in [0.2, 0.25) is 0 Å². The Morgan fingerprint density at radius 1 is 1.17 bits per heavy atom. The topological polar surface area (TPSA) is 3.24 Å². The molecule has 0 aromatic heterocycles. The molecule has 1 aromatic rings. The van der Waals surface area contributed by atoms with Crippen LogP contribution < -0.4 is 0 Å². The van der Waals surface area contributed by atoms with Gasteiger partial charge in [-0.05, 0) is 25.5 Å². The number of benzene rings is 1. The van der Waals surface area contributed by atoms with Crippen LogP contribution >= 0.6 is 12.4 Å². The molecule has 1 nitrogen and oxygen atoms in total. The van der Waals surface area contributed by atoms with Gasteiger partial charge in [0.25, 0.3) is 0 Å². The van der Waals surface area contributed by atoms with Crippen molar-refractivity contribution < 1.29 is 0 Å². The highest BCUT2D eigenvalue weighted by Crippen LogP contribution is 2.41. The second kappa shape index (κ2) is 6.96. The molecule has 18 heavy (non-hydrogen) atoms. The fourth-order valence-electron chi connectivity index (χ4n) is 3.14. The first-order valence-corrected chi connectivity index (χ1v) is 6.67. The van der Waals surface area contributed by atoms with Crippen molar-refractivity contribution >= 4 is 12.4 Å². The van der Waals surface area contributed by atoms with Crippen molar-refractivity contribution in [3.63, 3.8) is 0 Å². The molecule has 0 heterocycles. The molecule has 0 bridgehead atoms. The van der Waals surface area contributed by atoms with Crippen molar-refractivity contribution in [2.45, 2.75) is 37.6 Å². The van der Waals surface area contributed by atoms with Gasteiger partial charge in [-0.2, -0.15) is 0 Å². The lowest BCUT2D eigenvalue weighted by Gasteiger charge is -2.45. The van der Waals surface area contributed by atoms with Crippen LogP contribution in [-0.2, 0) is 5.54 Å². The van der Waals surface area contributed by atoms with Crippen LogP contribution in [0.25, 0.3) is 0 Å². The van der Waals surface area contributed by atoms with Crippen molar-refractivity contribution in [2.24, 2.45) is 0 Å². The van der Waals surface area contributed by atoms with Crippen molar-refractivity contribution in [3.8, 4) is 0 Å². The average molecular weight is 266 g/mol. The molecular weight excluding hydrogens is 242 g/mol. The predicted octanol–water partition coefficient (Wildman–Crippen LogP) is 4.39. The first kappa shape index (κ1) is 15.3. The van der Waals surface area contributed by atoms with E-state index in [1.165, 1.54) is 37.7 Å². The summed E-state index contributed by atoms with van der Waals surface area (Å²) in [4.78, 5) is 2.48. The standard InChI is InChI=1S/C16H23N.ClH/c1-3-14-17(2)16(12-8-5-9-13-16)15-10-6-4-7-11-15;/h3-4,6-7,10-11H,1,5,8-9,12-14H2,2H3;1H. The van der Waals surface area contributed by atoms with Crippen molar-refractivity contribution in [2.75, 3.05) is 13.6 Å². The van der Waals surface area contributed by atoms with E-state index < -0.39 is 0 Å². The van der Waals surface area contributed by atoms with Crippen LogP contribution in [0.1, 0.15) is 37.7 Å². The normalized spacial score (nSPS) is 18.1. The molecule has 1 aliphatic rings. The summed E-state index contributed by atoms with van der Waals surface area (Å²) in [6.07, 6.45) is 8.64. The summed E-state index contributed by atoms with van der Waals surface area (Å²) in [5, 5.41) is 0. The summed E-state index contributed by atoms with van der Waals surface area (Å²) in [6, 6.07) is 11.0. The van der Waals surface area contributed by atoms with Gasteiger partial charge in [-0.1, -0.05) is 55.7 Å². The molecule has 0 aliphatic heterocycles. The first-order chi connectivity index (χ1) is 8.29. The lowest BCUT2D eigenvalue weighted by atomic mass is 9.75. The van der Waals surface area contributed by atoms with Gasteiger partial charge in [-0.15, -0.1) is 19.0 Å². The fourth-order valence-corrected chi connectivity index (χ4v) is 3.14. The minimum atomic E-state index is 0. The molecule has 0 N–H and O–H groups in total. The number of nitrogens with zero attached hydrogens (tertiary/aromatic N) is 1. The van der Waals surface area contributed by atoms with E-state index in [1.54, 1.807) is 0 Å². The molecule has 0 saturated heterocycles. The monoisotopic (exact) mass is 265 g/mol. The van der Waals surface area contributed by atoms with E-state index in [0.717, 1.165) is 6.54 Å². The summed E-state index contributed by atoms with van der Waals surface area (Å²) in [7, 11) is 2.24. The molecule has 0 radical (unpaired) electrons. The maximum atomic E-state index is 3.88. The molecule has 1 saturated carbocycles. The predicted molar refractivity (Wildman–Crippen MR) is 81.3 cm³/mol. The summed E-state index contributed by atoms with van der Waals surface area (Å²) in [5.74, 6) is 0. The average Bonchev–Trinajstić information content (AvgIpc) is 2.41. The minimum Gasteiger partial charge on any atom is -0.293 e. The van der Waals surface area contributed by atoms with E-state index in [9.17, 15) is 0 Å². The Bertz CT molecular complexity index is 355. The van der Waals surface area contributed by atoms with E-state index in [-0.39, 0.29) is 17.9 Å². The maximum absolute atomic E-state index is 3.88. The lowest BCUT2D eigenvalue weighted by Crippen LogP contribution is -2.45. The number of likely N-dealkylation sites (N-methyl/N-ethyl adjacent to an activating group) is 1. The molecule has 1 aromatic carbocycles. The van der Waals surface area contributed by atoms with Gasteiger partial charge in [0.05, 0.1) is 0 Å². The lowest BCUT2D eigenvalue weighted by molar-refractivity contribution is 0.0841. The largest absolute Gasteiger partial charge is 0.293 e. The third-order valence-electron chi connectivity index (χ3n) is 4.13. The van der Waals surface area contributed by atoms with Gasteiger partial charge in [0.15, 0.2) is 0 Å².